The fourth-order valence-electron chi connectivity index (χ4n) is 1.82. The van der Waals surface area contributed by atoms with Gasteiger partial charge in [-0.3, -0.25) is 0 Å². The number of aromatic nitrogens is 1. The van der Waals surface area contributed by atoms with Gasteiger partial charge in [-0.1, -0.05) is 0 Å². The van der Waals surface area contributed by atoms with Gasteiger partial charge in [-0.05, 0) is 31.4 Å². The van der Waals surface area contributed by atoms with Crippen molar-refractivity contribution in [3.63, 3.8) is 0 Å². The third-order valence-corrected chi connectivity index (χ3v) is 3.81. The Morgan fingerprint density at radius 2 is 2.33 bits per heavy atom. The SMILES string of the molecule is CNCCc1cnc(C2CCSCC2)o1. The molecular weight excluding hydrogens is 208 g/mol. The van der Waals surface area contributed by atoms with Crippen molar-refractivity contribution in [3.8, 4) is 0 Å². The number of likely N-dealkylation sites (N-methyl/N-ethyl adjacent to an activating group) is 1. The molecule has 0 unspecified atom stereocenters. The van der Waals surface area contributed by atoms with E-state index in [-0.39, 0.29) is 0 Å². The van der Waals surface area contributed by atoms with E-state index in [0.29, 0.717) is 5.92 Å². The maximum absolute atomic E-state index is 5.76. The topological polar surface area (TPSA) is 38.1 Å². The van der Waals surface area contributed by atoms with Gasteiger partial charge < -0.3 is 9.73 Å². The molecule has 1 aliphatic heterocycles. The average Bonchev–Trinajstić information content (AvgIpc) is 2.76. The summed E-state index contributed by atoms with van der Waals surface area (Å²) in [5.41, 5.74) is 0. The molecule has 0 aliphatic carbocycles. The van der Waals surface area contributed by atoms with Gasteiger partial charge in [0.2, 0.25) is 0 Å². The molecule has 1 aliphatic rings. The lowest BCUT2D eigenvalue weighted by molar-refractivity contribution is 0.404. The number of hydrogen-bond donors (Lipinski definition) is 1. The van der Waals surface area contributed by atoms with E-state index < -0.39 is 0 Å². The quantitative estimate of drug-likeness (QED) is 0.852. The number of rotatable bonds is 4. The second kappa shape index (κ2) is 5.56. The minimum absolute atomic E-state index is 0.564. The molecule has 0 radical (unpaired) electrons. The molecule has 0 aromatic carbocycles. The van der Waals surface area contributed by atoms with Crippen molar-refractivity contribution in [1.29, 1.82) is 0 Å². The van der Waals surface area contributed by atoms with Crippen molar-refractivity contribution in [2.45, 2.75) is 25.2 Å². The Hall–Kier alpha value is -0.480. The minimum Gasteiger partial charge on any atom is -0.445 e. The van der Waals surface area contributed by atoms with E-state index in [2.05, 4.69) is 10.3 Å². The molecule has 84 valence electrons. The molecule has 0 amide bonds. The Labute approximate surface area is 95.0 Å². The predicted molar refractivity (Wildman–Crippen MR) is 63.4 cm³/mol. The van der Waals surface area contributed by atoms with Crippen LogP contribution in [-0.2, 0) is 6.42 Å². The first-order valence-electron chi connectivity index (χ1n) is 5.57. The van der Waals surface area contributed by atoms with Crippen molar-refractivity contribution in [3.05, 3.63) is 17.8 Å². The fourth-order valence-corrected chi connectivity index (χ4v) is 2.93. The summed E-state index contributed by atoms with van der Waals surface area (Å²) in [4.78, 5) is 4.39. The van der Waals surface area contributed by atoms with Gasteiger partial charge in [-0.25, -0.2) is 4.98 Å². The molecule has 2 heterocycles. The van der Waals surface area contributed by atoms with Gasteiger partial charge in [0, 0.05) is 18.9 Å². The van der Waals surface area contributed by atoms with Crippen LogP contribution in [-0.4, -0.2) is 30.1 Å². The molecule has 0 saturated carbocycles. The third-order valence-electron chi connectivity index (χ3n) is 2.76. The van der Waals surface area contributed by atoms with Crippen LogP contribution in [0.15, 0.2) is 10.6 Å². The number of hydrogen-bond acceptors (Lipinski definition) is 4. The van der Waals surface area contributed by atoms with Crippen LogP contribution in [0.1, 0.15) is 30.4 Å². The Morgan fingerprint density at radius 1 is 1.53 bits per heavy atom. The van der Waals surface area contributed by atoms with Crippen molar-refractivity contribution in [1.82, 2.24) is 10.3 Å². The van der Waals surface area contributed by atoms with Gasteiger partial charge in [-0.2, -0.15) is 11.8 Å². The van der Waals surface area contributed by atoms with Crippen molar-refractivity contribution < 1.29 is 4.42 Å². The van der Waals surface area contributed by atoms with Crippen molar-refractivity contribution in [2.24, 2.45) is 0 Å². The maximum Gasteiger partial charge on any atom is 0.197 e. The number of oxazole rings is 1. The van der Waals surface area contributed by atoms with Crippen LogP contribution >= 0.6 is 11.8 Å². The number of nitrogens with one attached hydrogen (secondary N) is 1. The van der Waals surface area contributed by atoms with Gasteiger partial charge in [0.15, 0.2) is 5.89 Å². The molecule has 1 aromatic heterocycles. The second-order valence-corrected chi connectivity index (χ2v) is 5.13. The lowest BCUT2D eigenvalue weighted by Crippen LogP contribution is -2.10. The highest BCUT2D eigenvalue weighted by molar-refractivity contribution is 7.99. The molecule has 1 N–H and O–H groups in total. The molecule has 0 bridgehead atoms. The van der Waals surface area contributed by atoms with Crippen LogP contribution in [0.2, 0.25) is 0 Å². The van der Waals surface area contributed by atoms with Crippen LogP contribution in [0.25, 0.3) is 0 Å². The van der Waals surface area contributed by atoms with Crippen molar-refractivity contribution >= 4 is 11.8 Å². The summed E-state index contributed by atoms with van der Waals surface area (Å²) in [5.74, 6) is 5.03. The van der Waals surface area contributed by atoms with Gasteiger partial charge in [0.25, 0.3) is 0 Å². The molecule has 0 spiro atoms. The van der Waals surface area contributed by atoms with Crippen LogP contribution in [0.4, 0.5) is 0 Å². The first-order valence-corrected chi connectivity index (χ1v) is 6.72. The predicted octanol–water partition coefficient (Wildman–Crippen LogP) is 2.05. The molecular formula is C11H18N2OS. The van der Waals surface area contributed by atoms with Gasteiger partial charge in [-0.15, -0.1) is 0 Å². The molecule has 2 rings (SSSR count). The molecule has 0 atom stereocenters. The van der Waals surface area contributed by atoms with Crippen LogP contribution in [0, 0.1) is 0 Å². The van der Waals surface area contributed by atoms with Gasteiger partial charge in [0.1, 0.15) is 5.76 Å². The highest BCUT2D eigenvalue weighted by atomic mass is 32.2. The fraction of sp³-hybridized carbons (Fsp3) is 0.727. The molecule has 15 heavy (non-hydrogen) atoms. The van der Waals surface area contributed by atoms with Crippen LogP contribution in [0.5, 0.6) is 0 Å². The first kappa shape index (κ1) is 11.0. The lowest BCUT2D eigenvalue weighted by atomic mass is 10.0. The summed E-state index contributed by atoms with van der Waals surface area (Å²) in [7, 11) is 1.95. The van der Waals surface area contributed by atoms with E-state index in [1.807, 2.05) is 25.0 Å². The molecule has 1 fully saturated rings. The van der Waals surface area contributed by atoms with Crippen LogP contribution < -0.4 is 5.32 Å². The Kier molecular flexibility index (Phi) is 4.09. The summed E-state index contributed by atoms with van der Waals surface area (Å²) in [6.07, 6.45) is 5.26. The largest absolute Gasteiger partial charge is 0.445 e. The third kappa shape index (κ3) is 2.98. The normalized spacial score (nSPS) is 18.2. The van der Waals surface area contributed by atoms with E-state index in [0.717, 1.165) is 24.6 Å². The van der Waals surface area contributed by atoms with E-state index in [4.69, 9.17) is 4.42 Å². The smallest absolute Gasteiger partial charge is 0.197 e. The highest BCUT2D eigenvalue weighted by Gasteiger charge is 2.20. The maximum atomic E-state index is 5.76. The molecule has 3 nitrogen and oxygen atoms in total. The van der Waals surface area contributed by atoms with Crippen molar-refractivity contribution in [2.75, 3.05) is 25.1 Å². The summed E-state index contributed by atoms with van der Waals surface area (Å²) in [6, 6.07) is 0. The summed E-state index contributed by atoms with van der Waals surface area (Å²) in [5, 5.41) is 3.11. The van der Waals surface area contributed by atoms with E-state index in [1.165, 1.54) is 24.3 Å². The van der Waals surface area contributed by atoms with Crippen LogP contribution in [0.3, 0.4) is 0 Å². The number of thioether (sulfide) groups is 1. The standard InChI is InChI=1S/C11H18N2OS/c1-12-5-2-10-8-13-11(14-10)9-3-6-15-7-4-9/h8-9,12H,2-7H2,1H3. The zero-order valence-electron chi connectivity index (χ0n) is 9.16. The first-order chi connectivity index (χ1) is 7.40. The van der Waals surface area contributed by atoms with Gasteiger partial charge >= 0.3 is 0 Å². The minimum atomic E-state index is 0.564. The highest BCUT2D eigenvalue weighted by Crippen LogP contribution is 2.30. The Bertz CT molecular complexity index is 295. The number of nitrogens with zero attached hydrogens (tertiary/aromatic N) is 1. The zero-order valence-corrected chi connectivity index (χ0v) is 9.98. The Morgan fingerprint density at radius 3 is 3.07 bits per heavy atom. The summed E-state index contributed by atoms with van der Waals surface area (Å²) in [6.45, 7) is 0.954. The lowest BCUT2D eigenvalue weighted by Gasteiger charge is -2.17. The summed E-state index contributed by atoms with van der Waals surface area (Å²) < 4.78 is 5.76. The monoisotopic (exact) mass is 226 g/mol. The van der Waals surface area contributed by atoms with Gasteiger partial charge in [0.05, 0.1) is 6.20 Å². The van der Waals surface area contributed by atoms with E-state index >= 15 is 0 Å². The summed E-state index contributed by atoms with van der Waals surface area (Å²) >= 11 is 2.03. The van der Waals surface area contributed by atoms with E-state index in [1.54, 1.807) is 0 Å². The molecule has 4 heteroatoms. The molecule has 1 aromatic rings. The average molecular weight is 226 g/mol. The second-order valence-electron chi connectivity index (χ2n) is 3.91. The zero-order chi connectivity index (χ0) is 10.5. The van der Waals surface area contributed by atoms with E-state index in [9.17, 15) is 0 Å². The Balaban J connectivity index is 1.93. The molecule has 1 saturated heterocycles.